The number of urea groups is 1. The van der Waals surface area contributed by atoms with Crippen LogP contribution in [0, 0.1) is 5.92 Å². The molecule has 3 rings (SSSR count). The lowest BCUT2D eigenvalue weighted by Gasteiger charge is -2.30. The summed E-state index contributed by atoms with van der Waals surface area (Å²) in [5, 5.41) is 12.1. The van der Waals surface area contributed by atoms with Crippen LogP contribution in [0.4, 0.5) is 4.79 Å². The van der Waals surface area contributed by atoms with Gasteiger partial charge in [0, 0.05) is 25.0 Å². The topological polar surface area (TPSA) is 78.9 Å². The Hall–Kier alpha value is -2.24. The van der Waals surface area contributed by atoms with E-state index >= 15 is 0 Å². The van der Waals surface area contributed by atoms with Crippen LogP contribution in [-0.4, -0.2) is 48.8 Å². The second-order valence-electron chi connectivity index (χ2n) is 6.77. The van der Waals surface area contributed by atoms with Crippen LogP contribution in [0.5, 0.6) is 5.75 Å². The number of carbonyl (C=O) groups is 2. The fraction of sp³-hybridized carbons (Fsp3) is 0.556. The van der Waals surface area contributed by atoms with Crippen LogP contribution in [0.2, 0.25) is 0 Å². The van der Waals surface area contributed by atoms with Gasteiger partial charge in [-0.2, -0.15) is 0 Å². The van der Waals surface area contributed by atoms with Crippen LogP contribution in [0.25, 0.3) is 0 Å². The summed E-state index contributed by atoms with van der Waals surface area (Å²) in [6.07, 6.45) is 3.18. The molecule has 1 saturated carbocycles. The minimum absolute atomic E-state index is 0.0174. The van der Waals surface area contributed by atoms with E-state index < -0.39 is 5.97 Å². The van der Waals surface area contributed by atoms with Crippen LogP contribution >= 0.6 is 0 Å². The molecule has 130 valence electrons. The van der Waals surface area contributed by atoms with Crippen LogP contribution in [0.3, 0.4) is 0 Å². The second-order valence-corrected chi connectivity index (χ2v) is 6.77. The Morgan fingerprint density at radius 3 is 2.62 bits per heavy atom. The number of carboxylic acids is 1. The van der Waals surface area contributed by atoms with Crippen molar-refractivity contribution < 1.29 is 19.4 Å². The first-order valence-electron chi connectivity index (χ1n) is 8.44. The average Bonchev–Trinajstić information content (AvgIpc) is 3.41. The van der Waals surface area contributed by atoms with Crippen molar-refractivity contribution in [1.29, 1.82) is 0 Å². The summed E-state index contributed by atoms with van der Waals surface area (Å²) in [5.74, 6) is -0.244. The maximum absolute atomic E-state index is 12.3. The van der Waals surface area contributed by atoms with Crippen molar-refractivity contribution in [3.8, 4) is 5.75 Å². The molecule has 1 aromatic rings. The summed E-state index contributed by atoms with van der Waals surface area (Å²) in [4.78, 5) is 25.0. The second kappa shape index (κ2) is 6.71. The Labute approximate surface area is 141 Å². The van der Waals surface area contributed by atoms with Crippen LogP contribution in [0.1, 0.15) is 31.2 Å². The largest absolute Gasteiger partial charge is 0.497 e. The molecular formula is C18H24N2O4. The number of nitrogens with one attached hydrogen (secondary N) is 1. The van der Waals surface area contributed by atoms with Gasteiger partial charge < -0.3 is 20.1 Å². The third-order valence-corrected chi connectivity index (χ3v) is 5.25. The highest BCUT2D eigenvalue weighted by molar-refractivity contribution is 5.75. The Balaban J connectivity index is 1.54. The standard InChI is InChI=1S/C18H24N2O4/c1-24-15-4-2-3-14(11-15)18(7-8-18)12-19-17(23)20-9-5-13(6-10-20)16(21)22/h2-4,11,13H,5-10,12H2,1H3,(H,19,23)(H,21,22). The van der Waals surface area contributed by atoms with Crippen molar-refractivity contribution in [1.82, 2.24) is 10.2 Å². The normalized spacial score (nSPS) is 19.6. The van der Waals surface area contributed by atoms with Gasteiger partial charge in [-0.25, -0.2) is 4.79 Å². The van der Waals surface area contributed by atoms with Gasteiger partial charge in [-0.15, -0.1) is 0 Å². The highest BCUT2D eigenvalue weighted by Gasteiger charge is 2.44. The van der Waals surface area contributed by atoms with Crippen molar-refractivity contribution in [2.24, 2.45) is 5.92 Å². The molecule has 0 radical (unpaired) electrons. The van der Waals surface area contributed by atoms with Crippen molar-refractivity contribution in [3.63, 3.8) is 0 Å². The molecule has 1 aliphatic carbocycles. The number of carboxylic acid groups (broad SMARTS) is 1. The number of benzene rings is 1. The van der Waals surface area contributed by atoms with Crippen molar-refractivity contribution in [2.75, 3.05) is 26.7 Å². The fourth-order valence-corrected chi connectivity index (χ4v) is 3.36. The zero-order valence-corrected chi connectivity index (χ0v) is 14.0. The molecule has 0 bridgehead atoms. The number of amides is 2. The van der Waals surface area contributed by atoms with E-state index in [2.05, 4.69) is 11.4 Å². The summed E-state index contributed by atoms with van der Waals surface area (Å²) in [6.45, 7) is 1.63. The van der Waals surface area contributed by atoms with Gasteiger partial charge in [0.05, 0.1) is 13.0 Å². The van der Waals surface area contributed by atoms with Gasteiger partial charge in [0.2, 0.25) is 0 Å². The van der Waals surface area contributed by atoms with E-state index in [1.165, 1.54) is 5.56 Å². The summed E-state index contributed by atoms with van der Waals surface area (Å²) < 4.78 is 5.28. The van der Waals surface area contributed by atoms with E-state index in [9.17, 15) is 9.59 Å². The number of methoxy groups -OCH3 is 1. The Morgan fingerprint density at radius 2 is 2.04 bits per heavy atom. The number of nitrogens with zero attached hydrogens (tertiary/aromatic N) is 1. The summed E-state index contributed by atoms with van der Waals surface area (Å²) in [5.41, 5.74) is 1.22. The zero-order valence-electron chi connectivity index (χ0n) is 14.0. The summed E-state index contributed by atoms with van der Waals surface area (Å²) >= 11 is 0. The smallest absolute Gasteiger partial charge is 0.317 e. The molecular weight excluding hydrogens is 308 g/mol. The first kappa shape index (κ1) is 16.6. The Kier molecular flexibility index (Phi) is 4.64. The van der Waals surface area contributed by atoms with Gasteiger partial charge in [-0.1, -0.05) is 12.1 Å². The van der Waals surface area contributed by atoms with E-state index in [1.807, 2.05) is 18.2 Å². The predicted octanol–water partition coefficient (Wildman–Crippen LogP) is 2.23. The maximum Gasteiger partial charge on any atom is 0.317 e. The number of carbonyl (C=O) groups excluding carboxylic acids is 1. The van der Waals surface area contributed by atoms with Crippen LogP contribution in [-0.2, 0) is 10.2 Å². The fourth-order valence-electron chi connectivity index (χ4n) is 3.36. The summed E-state index contributed by atoms with van der Waals surface area (Å²) in [6, 6.07) is 7.93. The van der Waals surface area contributed by atoms with Crippen LogP contribution in [0.15, 0.2) is 24.3 Å². The number of rotatable bonds is 5. The predicted molar refractivity (Wildman–Crippen MR) is 89.2 cm³/mol. The van der Waals surface area contributed by atoms with Crippen LogP contribution < -0.4 is 10.1 Å². The minimum atomic E-state index is -0.759. The van der Waals surface area contributed by atoms with Gasteiger partial charge in [0.1, 0.15) is 5.75 Å². The molecule has 1 aromatic carbocycles. The lowest BCUT2D eigenvalue weighted by atomic mass is 9.95. The number of piperidine rings is 1. The number of likely N-dealkylation sites (tertiary alicyclic amines) is 1. The molecule has 2 aliphatic rings. The van der Waals surface area contributed by atoms with E-state index in [4.69, 9.17) is 9.84 Å². The average molecular weight is 332 g/mol. The summed E-state index contributed by atoms with van der Waals surface area (Å²) in [7, 11) is 1.65. The molecule has 2 fully saturated rings. The molecule has 6 heteroatoms. The monoisotopic (exact) mass is 332 g/mol. The number of aliphatic carboxylic acids is 1. The first-order chi connectivity index (χ1) is 11.5. The Bertz CT molecular complexity index is 619. The van der Waals surface area contributed by atoms with Gasteiger partial charge in [-0.05, 0) is 43.4 Å². The molecule has 1 saturated heterocycles. The molecule has 2 amide bonds. The van der Waals surface area contributed by atoms with Gasteiger partial charge in [0.15, 0.2) is 0 Å². The molecule has 0 atom stereocenters. The third-order valence-electron chi connectivity index (χ3n) is 5.25. The van der Waals surface area contributed by atoms with Gasteiger partial charge in [0.25, 0.3) is 0 Å². The van der Waals surface area contributed by atoms with E-state index in [1.54, 1.807) is 12.0 Å². The zero-order chi connectivity index (χ0) is 17.2. The molecule has 0 unspecified atom stereocenters. The van der Waals surface area contributed by atoms with Crippen molar-refractivity contribution in [2.45, 2.75) is 31.1 Å². The molecule has 0 spiro atoms. The maximum atomic E-state index is 12.3. The lowest BCUT2D eigenvalue weighted by molar-refractivity contribution is -0.143. The number of ether oxygens (including phenoxy) is 1. The van der Waals surface area contributed by atoms with E-state index in [-0.39, 0.29) is 17.4 Å². The number of hydrogen-bond donors (Lipinski definition) is 2. The highest BCUT2D eigenvalue weighted by atomic mass is 16.5. The lowest BCUT2D eigenvalue weighted by Crippen LogP contribution is -2.47. The molecule has 0 aromatic heterocycles. The van der Waals surface area contributed by atoms with Crippen molar-refractivity contribution >= 4 is 12.0 Å². The van der Waals surface area contributed by atoms with Gasteiger partial charge in [-0.3, -0.25) is 4.79 Å². The van der Waals surface area contributed by atoms with Crippen molar-refractivity contribution in [3.05, 3.63) is 29.8 Å². The number of hydrogen-bond acceptors (Lipinski definition) is 3. The minimum Gasteiger partial charge on any atom is -0.497 e. The first-order valence-corrected chi connectivity index (χ1v) is 8.44. The Morgan fingerprint density at radius 1 is 1.33 bits per heavy atom. The molecule has 6 nitrogen and oxygen atoms in total. The van der Waals surface area contributed by atoms with Gasteiger partial charge >= 0.3 is 12.0 Å². The SMILES string of the molecule is COc1cccc(C2(CNC(=O)N3CCC(C(=O)O)CC3)CC2)c1. The quantitative estimate of drug-likeness (QED) is 0.867. The molecule has 1 heterocycles. The molecule has 24 heavy (non-hydrogen) atoms. The van der Waals surface area contributed by atoms with E-state index in [0.29, 0.717) is 32.5 Å². The molecule has 1 aliphatic heterocycles. The highest BCUT2D eigenvalue weighted by Crippen LogP contribution is 2.48. The third kappa shape index (κ3) is 3.47. The van der Waals surface area contributed by atoms with E-state index in [0.717, 1.165) is 18.6 Å². The molecule has 2 N–H and O–H groups in total.